The summed E-state index contributed by atoms with van der Waals surface area (Å²) in [6.07, 6.45) is 0. The van der Waals surface area contributed by atoms with E-state index in [-0.39, 0.29) is 0 Å². The highest BCUT2D eigenvalue weighted by Gasteiger charge is 2.23. The van der Waals surface area contributed by atoms with E-state index in [1.54, 1.807) is 0 Å². The summed E-state index contributed by atoms with van der Waals surface area (Å²) in [5.74, 6) is 0.565. The van der Waals surface area contributed by atoms with Gasteiger partial charge in [0, 0.05) is 54.8 Å². The molecule has 0 aliphatic carbocycles. The van der Waals surface area contributed by atoms with Crippen LogP contribution in [-0.4, -0.2) is 23.7 Å². The fourth-order valence-corrected chi connectivity index (χ4v) is 10.1. The van der Waals surface area contributed by atoms with Gasteiger partial charge in [-0.2, -0.15) is 0 Å². The summed E-state index contributed by atoms with van der Waals surface area (Å²) in [6, 6.07) is 73.0. The molecule has 4 heterocycles. The second kappa shape index (κ2) is 15.0. The van der Waals surface area contributed by atoms with E-state index in [0.29, 0.717) is 34.1 Å². The molecular formula is C60H35N7. The molecule has 67 heavy (non-hydrogen) atoms. The van der Waals surface area contributed by atoms with E-state index in [0.717, 1.165) is 72.1 Å². The lowest BCUT2D eigenvalue weighted by Gasteiger charge is -2.16. The van der Waals surface area contributed by atoms with Crippen molar-refractivity contribution in [3.05, 3.63) is 235 Å². The van der Waals surface area contributed by atoms with Crippen LogP contribution in [0.5, 0.6) is 0 Å². The minimum absolute atomic E-state index is 0.349. The van der Waals surface area contributed by atoms with Gasteiger partial charge in [-0.05, 0) is 84.4 Å². The first kappa shape index (κ1) is 37.9. The van der Waals surface area contributed by atoms with E-state index in [4.69, 9.17) is 23.1 Å². The van der Waals surface area contributed by atoms with Crippen molar-refractivity contribution in [3.63, 3.8) is 0 Å². The van der Waals surface area contributed by atoms with E-state index >= 15 is 0 Å². The smallest absolute Gasteiger partial charge is 0.200 e. The predicted octanol–water partition coefficient (Wildman–Crippen LogP) is 15.9. The van der Waals surface area contributed by atoms with Gasteiger partial charge >= 0.3 is 0 Å². The van der Waals surface area contributed by atoms with Crippen LogP contribution in [0.15, 0.2) is 212 Å². The number of nitrogens with zero attached hydrogens (tertiary/aromatic N) is 7. The Bertz CT molecular complexity index is 3870. The van der Waals surface area contributed by atoms with Crippen molar-refractivity contribution >= 4 is 76.8 Å². The predicted molar refractivity (Wildman–Crippen MR) is 274 cm³/mol. The topological polar surface area (TPSA) is 49.3 Å². The number of hydrogen-bond donors (Lipinski definition) is 0. The highest BCUT2D eigenvalue weighted by atomic mass is 15.0. The van der Waals surface area contributed by atoms with Crippen LogP contribution < -0.4 is 0 Å². The summed E-state index contributed by atoms with van der Waals surface area (Å²) >= 11 is 0. The van der Waals surface area contributed by atoms with Gasteiger partial charge in [0.15, 0.2) is 5.82 Å². The van der Waals surface area contributed by atoms with E-state index in [1.165, 1.54) is 21.5 Å². The average molecular weight is 854 g/mol. The van der Waals surface area contributed by atoms with E-state index < -0.39 is 0 Å². The SMILES string of the molecule is [C-]#[N+]c1cc(-c2cc(-c3ccccc3)nc(-c3ccccc3)n2)cc([N+]#[C-])c1-n1c2ccc(-n3c4ccccc4c4ccccc43)cc2c2cc(-n3c4ccccc4c4ccccc43)ccc21. The van der Waals surface area contributed by atoms with Crippen LogP contribution in [0.25, 0.3) is 126 Å². The summed E-state index contributed by atoms with van der Waals surface area (Å²) in [4.78, 5) is 18.4. The van der Waals surface area contributed by atoms with Gasteiger partial charge in [-0.1, -0.05) is 133 Å². The second-order valence-electron chi connectivity index (χ2n) is 16.8. The number of para-hydroxylation sites is 4. The quantitative estimate of drug-likeness (QED) is 0.156. The first-order chi connectivity index (χ1) is 33.1. The summed E-state index contributed by atoms with van der Waals surface area (Å²) in [5, 5.41) is 6.76. The molecule has 0 aliphatic rings. The van der Waals surface area contributed by atoms with Crippen LogP contribution in [0.1, 0.15) is 0 Å². The van der Waals surface area contributed by atoms with Crippen LogP contribution in [0.2, 0.25) is 0 Å². The third kappa shape index (κ3) is 5.90. The standard InChI is InChI=1S/C60H35N7/c1-61-51-33-40(50-37-49(38-17-5-3-6-18-38)63-60(64-50)39-19-7-4-8-20-39)34-52(62-2)59(51)67-57-31-29-41(65-53-25-13-9-21-43(53)44-22-10-14-26-54(44)65)35-47(57)48-36-42(30-32-58(48)67)66-55-27-15-11-23-45(55)46-24-12-16-28-56(46)66/h3-37H. The molecule has 310 valence electrons. The average Bonchev–Trinajstić information content (AvgIpc) is 4.03. The Morgan fingerprint density at radius 2 is 0.687 bits per heavy atom. The second-order valence-corrected chi connectivity index (χ2v) is 16.8. The van der Waals surface area contributed by atoms with Gasteiger partial charge in [0.1, 0.15) is 0 Å². The first-order valence-corrected chi connectivity index (χ1v) is 22.1. The molecule has 7 heteroatoms. The summed E-state index contributed by atoms with van der Waals surface area (Å²) < 4.78 is 6.79. The molecule has 0 aliphatic heterocycles. The van der Waals surface area contributed by atoms with Gasteiger partial charge in [-0.15, -0.1) is 0 Å². The molecule has 13 aromatic rings. The molecule has 0 radical (unpaired) electrons. The van der Waals surface area contributed by atoms with Gasteiger partial charge in [0.05, 0.1) is 63.3 Å². The normalized spacial score (nSPS) is 11.6. The molecule has 0 fully saturated rings. The largest absolute Gasteiger partial charge is 0.329 e. The van der Waals surface area contributed by atoms with Crippen molar-refractivity contribution in [1.82, 2.24) is 23.7 Å². The molecule has 0 N–H and O–H groups in total. The van der Waals surface area contributed by atoms with Crippen molar-refractivity contribution in [2.45, 2.75) is 0 Å². The summed E-state index contributed by atoms with van der Waals surface area (Å²) in [6.45, 7) is 17.4. The van der Waals surface area contributed by atoms with Crippen LogP contribution in [0.3, 0.4) is 0 Å². The Morgan fingerprint density at radius 1 is 0.313 bits per heavy atom. The fraction of sp³-hybridized carbons (Fsp3) is 0. The van der Waals surface area contributed by atoms with Crippen molar-refractivity contribution in [1.29, 1.82) is 0 Å². The molecule has 4 aromatic heterocycles. The molecule has 13 rings (SSSR count). The Morgan fingerprint density at radius 3 is 1.12 bits per heavy atom. The van der Waals surface area contributed by atoms with Crippen LogP contribution in [0, 0.1) is 13.1 Å². The molecule has 0 atom stereocenters. The first-order valence-electron chi connectivity index (χ1n) is 22.1. The minimum Gasteiger partial charge on any atom is -0.329 e. The van der Waals surface area contributed by atoms with E-state index in [1.807, 2.05) is 78.9 Å². The Labute approximate surface area is 384 Å². The third-order valence-corrected chi connectivity index (χ3v) is 13.1. The molecule has 0 saturated carbocycles. The molecule has 0 saturated heterocycles. The molecular weight excluding hydrogens is 819 g/mol. The molecule has 0 unspecified atom stereocenters. The maximum atomic E-state index is 8.72. The van der Waals surface area contributed by atoms with Crippen molar-refractivity contribution in [3.8, 4) is 51.0 Å². The van der Waals surface area contributed by atoms with Crippen molar-refractivity contribution in [2.75, 3.05) is 0 Å². The summed E-state index contributed by atoms with van der Waals surface area (Å²) in [5.41, 5.74) is 13.4. The maximum Gasteiger partial charge on any atom is 0.200 e. The third-order valence-electron chi connectivity index (χ3n) is 13.1. The molecule has 9 aromatic carbocycles. The van der Waals surface area contributed by atoms with Crippen LogP contribution >= 0.6 is 0 Å². The number of fused-ring (bicyclic) bond motifs is 9. The van der Waals surface area contributed by atoms with Gasteiger partial charge in [-0.25, -0.2) is 19.7 Å². The Balaban J connectivity index is 1.08. The molecule has 0 spiro atoms. The maximum absolute atomic E-state index is 8.72. The molecule has 0 amide bonds. The minimum atomic E-state index is 0.349. The fourth-order valence-electron chi connectivity index (χ4n) is 10.1. The molecule has 0 bridgehead atoms. The van der Waals surface area contributed by atoms with E-state index in [9.17, 15) is 0 Å². The number of hydrogen-bond acceptors (Lipinski definition) is 2. The van der Waals surface area contributed by atoms with Gasteiger partial charge < -0.3 is 13.7 Å². The lowest BCUT2D eigenvalue weighted by Crippen LogP contribution is -1.99. The zero-order valence-corrected chi connectivity index (χ0v) is 35.8. The monoisotopic (exact) mass is 853 g/mol. The summed E-state index contributed by atoms with van der Waals surface area (Å²) in [7, 11) is 0. The Hall–Kier alpha value is -9.56. The van der Waals surface area contributed by atoms with Gasteiger partial charge in [0.2, 0.25) is 11.4 Å². The number of aromatic nitrogens is 5. The number of benzene rings is 9. The van der Waals surface area contributed by atoms with Crippen LogP contribution in [0.4, 0.5) is 11.4 Å². The van der Waals surface area contributed by atoms with Gasteiger partial charge in [0.25, 0.3) is 0 Å². The lowest BCUT2D eigenvalue weighted by atomic mass is 10.0. The number of rotatable bonds is 6. The highest BCUT2D eigenvalue weighted by molar-refractivity contribution is 6.14. The Kier molecular flexibility index (Phi) is 8.51. The van der Waals surface area contributed by atoms with Crippen molar-refractivity contribution in [2.24, 2.45) is 0 Å². The molecule has 7 nitrogen and oxygen atoms in total. The van der Waals surface area contributed by atoms with Crippen LogP contribution in [-0.2, 0) is 0 Å². The van der Waals surface area contributed by atoms with Gasteiger partial charge in [-0.3, -0.25) is 0 Å². The van der Waals surface area contributed by atoms with E-state index in [2.05, 4.69) is 157 Å². The lowest BCUT2D eigenvalue weighted by molar-refractivity contribution is 1.16. The zero-order valence-electron chi connectivity index (χ0n) is 35.8. The zero-order chi connectivity index (χ0) is 44.6. The highest BCUT2D eigenvalue weighted by Crippen LogP contribution is 2.45. The van der Waals surface area contributed by atoms with Crippen molar-refractivity contribution < 1.29 is 0 Å².